The lowest BCUT2D eigenvalue weighted by atomic mass is 9.88. The first-order valence-corrected chi connectivity index (χ1v) is 4.65. The van der Waals surface area contributed by atoms with Crippen molar-refractivity contribution in [1.82, 2.24) is 5.32 Å². The minimum Gasteiger partial charge on any atom is -0.351 e. The van der Waals surface area contributed by atoms with Gasteiger partial charge in [-0.05, 0) is 20.3 Å². The number of hydrogen-bond acceptors (Lipinski definition) is 2. The minimum atomic E-state index is -0.942. The molecule has 0 bridgehead atoms. The fraction of sp³-hybridized carbons (Fsp3) is 0.636. The van der Waals surface area contributed by atoms with Crippen LogP contribution in [0.3, 0.4) is 0 Å². The largest absolute Gasteiger partial charge is 0.351 e. The molecule has 0 aromatic heterocycles. The summed E-state index contributed by atoms with van der Waals surface area (Å²) in [6.07, 6.45) is 6.09. The zero-order chi connectivity index (χ0) is 11.2. The van der Waals surface area contributed by atoms with Crippen molar-refractivity contribution in [3.63, 3.8) is 0 Å². The van der Waals surface area contributed by atoms with Gasteiger partial charge in [0.25, 0.3) is 0 Å². The zero-order valence-electron chi connectivity index (χ0n) is 8.92. The molecule has 76 valence electrons. The zero-order valence-corrected chi connectivity index (χ0v) is 8.92. The molecule has 3 heteroatoms. The lowest BCUT2D eigenvalue weighted by molar-refractivity contribution is -0.128. The maximum absolute atomic E-state index is 11.6. The highest BCUT2D eigenvalue weighted by Gasteiger charge is 2.31. The smallest absolute Gasteiger partial charge is 0.240 e. The molecule has 0 saturated carbocycles. The molecular weight excluding hydrogens is 176 g/mol. The van der Waals surface area contributed by atoms with E-state index in [0.717, 1.165) is 0 Å². The Labute approximate surface area is 85.5 Å². The molecular formula is C11H16N2O. The van der Waals surface area contributed by atoms with Crippen LogP contribution in [0.25, 0.3) is 0 Å². The van der Waals surface area contributed by atoms with Gasteiger partial charge in [-0.1, -0.05) is 6.92 Å². The van der Waals surface area contributed by atoms with Crippen molar-refractivity contribution in [2.75, 3.05) is 0 Å². The average molecular weight is 192 g/mol. The van der Waals surface area contributed by atoms with Gasteiger partial charge in [-0.2, -0.15) is 5.26 Å². The van der Waals surface area contributed by atoms with Crippen LogP contribution in [0.4, 0.5) is 0 Å². The van der Waals surface area contributed by atoms with E-state index in [1.807, 2.05) is 19.9 Å². The topological polar surface area (TPSA) is 52.9 Å². The Morgan fingerprint density at radius 1 is 1.71 bits per heavy atom. The van der Waals surface area contributed by atoms with Gasteiger partial charge < -0.3 is 5.32 Å². The van der Waals surface area contributed by atoms with Crippen LogP contribution in [0.15, 0.2) is 0 Å². The lowest BCUT2D eigenvalue weighted by Crippen LogP contribution is -2.42. The first kappa shape index (κ1) is 12.5. The van der Waals surface area contributed by atoms with Gasteiger partial charge in [-0.15, -0.1) is 12.3 Å². The Balaban J connectivity index is 4.36. The Bertz CT molecular complexity index is 285. The van der Waals surface area contributed by atoms with Crippen molar-refractivity contribution >= 4 is 5.91 Å². The fourth-order valence-electron chi connectivity index (χ4n) is 0.901. The second-order valence-corrected chi connectivity index (χ2v) is 3.58. The number of terminal acetylenes is 1. The normalized spacial score (nSPS) is 15.8. The van der Waals surface area contributed by atoms with E-state index in [9.17, 15) is 4.79 Å². The van der Waals surface area contributed by atoms with Crippen molar-refractivity contribution in [3.05, 3.63) is 0 Å². The van der Waals surface area contributed by atoms with Crippen LogP contribution in [0.1, 0.15) is 33.6 Å². The van der Waals surface area contributed by atoms with E-state index in [1.54, 1.807) is 6.92 Å². The standard InChI is InChI=1S/C11H16N2O/c1-5-7-9(3)13-10(14)11(4,6-2)8-12/h1,9H,6-7H2,2-4H3,(H,13,14). The summed E-state index contributed by atoms with van der Waals surface area (Å²) >= 11 is 0. The summed E-state index contributed by atoms with van der Waals surface area (Å²) in [5.74, 6) is 2.22. The third-order valence-corrected chi connectivity index (χ3v) is 2.26. The molecule has 0 fully saturated rings. The number of hydrogen-bond donors (Lipinski definition) is 1. The number of carbonyl (C=O) groups excluding carboxylic acids is 1. The molecule has 2 atom stereocenters. The molecule has 1 amide bonds. The first-order chi connectivity index (χ1) is 6.50. The first-order valence-electron chi connectivity index (χ1n) is 4.65. The van der Waals surface area contributed by atoms with Crippen LogP contribution >= 0.6 is 0 Å². The highest BCUT2D eigenvalue weighted by Crippen LogP contribution is 2.19. The highest BCUT2D eigenvalue weighted by molar-refractivity contribution is 5.85. The monoisotopic (exact) mass is 192 g/mol. The summed E-state index contributed by atoms with van der Waals surface area (Å²) in [5.41, 5.74) is -0.942. The summed E-state index contributed by atoms with van der Waals surface area (Å²) in [7, 11) is 0. The highest BCUT2D eigenvalue weighted by atomic mass is 16.2. The summed E-state index contributed by atoms with van der Waals surface area (Å²) in [5, 5.41) is 11.6. The van der Waals surface area contributed by atoms with E-state index in [1.165, 1.54) is 0 Å². The molecule has 2 unspecified atom stereocenters. The molecule has 0 aliphatic rings. The van der Waals surface area contributed by atoms with Gasteiger partial charge in [-0.3, -0.25) is 4.79 Å². The molecule has 0 aliphatic heterocycles. The number of rotatable bonds is 4. The van der Waals surface area contributed by atoms with Crippen molar-refractivity contribution < 1.29 is 4.79 Å². The van der Waals surface area contributed by atoms with E-state index in [-0.39, 0.29) is 11.9 Å². The number of nitrogens with one attached hydrogen (secondary N) is 1. The number of carbonyl (C=O) groups is 1. The second-order valence-electron chi connectivity index (χ2n) is 3.58. The Morgan fingerprint density at radius 2 is 2.29 bits per heavy atom. The summed E-state index contributed by atoms with van der Waals surface area (Å²) in [6, 6.07) is 1.93. The molecule has 14 heavy (non-hydrogen) atoms. The predicted octanol–water partition coefficient (Wildman–Crippen LogP) is 1.45. The predicted molar refractivity (Wildman–Crippen MR) is 55.1 cm³/mol. The quantitative estimate of drug-likeness (QED) is 0.685. The Hall–Kier alpha value is -1.48. The van der Waals surface area contributed by atoms with Gasteiger partial charge in [0.15, 0.2) is 0 Å². The van der Waals surface area contributed by atoms with E-state index in [4.69, 9.17) is 11.7 Å². The van der Waals surface area contributed by atoms with E-state index in [0.29, 0.717) is 12.8 Å². The van der Waals surface area contributed by atoms with Gasteiger partial charge in [0.2, 0.25) is 5.91 Å². The van der Waals surface area contributed by atoms with Crippen molar-refractivity contribution in [1.29, 1.82) is 5.26 Å². The third-order valence-electron chi connectivity index (χ3n) is 2.26. The van der Waals surface area contributed by atoms with Gasteiger partial charge in [-0.25, -0.2) is 0 Å². The van der Waals surface area contributed by atoms with Crippen LogP contribution in [0, 0.1) is 29.1 Å². The van der Waals surface area contributed by atoms with Crippen LogP contribution in [-0.4, -0.2) is 11.9 Å². The molecule has 1 N–H and O–H groups in total. The van der Waals surface area contributed by atoms with Gasteiger partial charge in [0.05, 0.1) is 6.07 Å². The van der Waals surface area contributed by atoms with Crippen LogP contribution in [0.5, 0.6) is 0 Å². The van der Waals surface area contributed by atoms with E-state index >= 15 is 0 Å². The van der Waals surface area contributed by atoms with Gasteiger partial charge >= 0.3 is 0 Å². The number of nitrogens with zero attached hydrogens (tertiary/aromatic N) is 1. The van der Waals surface area contributed by atoms with Crippen LogP contribution < -0.4 is 5.32 Å². The van der Waals surface area contributed by atoms with Crippen molar-refractivity contribution in [3.8, 4) is 18.4 Å². The Kier molecular flexibility index (Phi) is 4.73. The summed E-state index contributed by atoms with van der Waals surface area (Å²) < 4.78 is 0. The van der Waals surface area contributed by atoms with E-state index in [2.05, 4.69) is 11.2 Å². The molecule has 0 aliphatic carbocycles. The minimum absolute atomic E-state index is 0.0771. The average Bonchev–Trinajstić information content (AvgIpc) is 2.16. The molecule has 3 nitrogen and oxygen atoms in total. The molecule has 0 radical (unpaired) electrons. The van der Waals surface area contributed by atoms with Crippen LogP contribution in [0.2, 0.25) is 0 Å². The molecule has 0 spiro atoms. The maximum atomic E-state index is 11.6. The summed E-state index contributed by atoms with van der Waals surface area (Å²) in [6.45, 7) is 5.27. The third kappa shape index (κ3) is 3.11. The van der Waals surface area contributed by atoms with Crippen molar-refractivity contribution in [2.24, 2.45) is 5.41 Å². The number of amides is 1. The molecule has 0 rings (SSSR count). The molecule has 0 heterocycles. The van der Waals surface area contributed by atoms with E-state index < -0.39 is 5.41 Å². The lowest BCUT2D eigenvalue weighted by Gasteiger charge is -2.21. The maximum Gasteiger partial charge on any atom is 0.240 e. The second kappa shape index (κ2) is 5.29. The molecule has 0 aromatic rings. The molecule has 0 saturated heterocycles. The fourth-order valence-corrected chi connectivity index (χ4v) is 0.901. The van der Waals surface area contributed by atoms with Gasteiger partial charge in [0.1, 0.15) is 5.41 Å². The van der Waals surface area contributed by atoms with Gasteiger partial charge in [0, 0.05) is 12.5 Å². The van der Waals surface area contributed by atoms with Crippen LogP contribution in [-0.2, 0) is 4.79 Å². The van der Waals surface area contributed by atoms with Crippen molar-refractivity contribution in [2.45, 2.75) is 39.7 Å². The Morgan fingerprint density at radius 3 is 2.64 bits per heavy atom. The molecule has 0 aromatic carbocycles. The SMILES string of the molecule is C#CCC(C)NC(=O)C(C)(C#N)CC. The summed E-state index contributed by atoms with van der Waals surface area (Å²) in [4.78, 5) is 11.6. The number of nitriles is 1.